The van der Waals surface area contributed by atoms with E-state index >= 15 is 0 Å². The smallest absolute Gasteiger partial charge is 0.339 e. The van der Waals surface area contributed by atoms with Gasteiger partial charge in [0.2, 0.25) is 0 Å². The van der Waals surface area contributed by atoms with Crippen molar-refractivity contribution in [1.82, 2.24) is 0 Å². The average Bonchev–Trinajstić information content (AvgIpc) is 2.86. The lowest BCUT2D eigenvalue weighted by atomic mass is 10.1. The van der Waals surface area contributed by atoms with E-state index in [-0.39, 0.29) is 17.9 Å². The van der Waals surface area contributed by atoms with Crippen LogP contribution in [0.15, 0.2) is 34.9 Å². The maximum Gasteiger partial charge on any atom is 0.339 e. The first kappa shape index (κ1) is 12.7. The van der Waals surface area contributed by atoms with Crippen molar-refractivity contribution in [3.63, 3.8) is 0 Å². The van der Waals surface area contributed by atoms with Crippen molar-refractivity contribution >= 4 is 5.97 Å². The molecule has 5 heteroatoms. The molecule has 1 aromatic carbocycles. The van der Waals surface area contributed by atoms with Crippen LogP contribution in [0.1, 0.15) is 27.2 Å². The van der Waals surface area contributed by atoms with Gasteiger partial charge in [0.1, 0.15) is 17.9 Å². The van der Waals surface area contributed by atoms with Crippen LogP contribution >= 0.6 is 0 Å². The summed E-state index contributed by atoms with van der Waals surface area (Å²) >= 11 is 0. The van der Waals surface area contributed by atoms with Gasteiger partial charge in [-0.2, -0.15) is 5.26 Å². The zero-order chi connectivity index (χ0) is 13.8. The molecule has 0 amide bonds. The van der Waals surface area contributed by atoms with Gasteiger partial charge in [0, 0.05) is 0 Å². The third-order valence-corrected chi connectivity index (χ3v) is 2.65. The maximum atomic E-state index is 10.9. The monoisotopic (exact) mass is 257 g/mol. The molecule has 0 spiro atoms. The van der Waals surface area contributed by atoms with Gasteiger partial charge in [-0.05, 0) is 30.7 Å². The van der Waals surface area contributed by atoms with E-state index in [0.717, 1.165) is 5.56 Å². The summed E-state index contributed by atoms with van der Waals surface area (Å²) in [6.45, 7) is 1.85. The van der Waals surface area contributed by atoms with E-state index in [1.807, 2.05) is 13.0 Å². The Balaban J connectivity index is 2.17. The Labute approximate surface area is 109 Å². The lowest BCUT2D eigenvalue weighted by Crippen LogP contribution is -2.03. The Morgan fingerprint density at radius 2 is 2.26 bits per heavy atom. The van der Waals surface area contributed by atoms with Crippen molar-refractivity contribution in [2.75, 3.05) is 0 Å². The zero-order valence-corrected chi connectivity index (χ0v) is 10.2. The van der Waals surface area contributed by atoms with Crippen LogP contribution in [0.3, 0.4) is 0 Å². The molecule has 1 aromatic heterocycles. The highest BCUT2D eigenvalue weighted by molar-refractivity contribution is 5.88. The largest absolute Gasteiger partial charge is 0.485 e. The predicted octanol–water partition coefficient (Wildman–Crippen LogP) is 2.74. The predicted molar refractivity (Wildman–Crippen MR) is 65.9 cm³/mol. The van der Waals surface area contributed by atoms with Gasteiger partial charge in [0.25, 0.3) is 0 Å². The number of aryl methyl sites for hydroxylation is 1. The highest BCUT2D eigenvalue weighted by Crippen LogP contribution is 2.21. The van der Waals surface area contributed by atoms with Gasteiger partial charge < -0.3 is 14.3 Å². The van der Waals surface area contributed by atoms with E-state index in [4.69, 9.17) is 19.5 Å². The Kier molecular flexibility index (Phi) is 3.53. The second kappa shape index (κ2) is 5.27. The fourth-order valence-corrected chi connectivity index (χ4v) is 1.61. The Hall–Kier alpha value is -2.74. The van der Waals surface area contributed by atoms with Gasteiger partial charge in [-0.3, -0.25) is 0 Å². The molecule has 0 saturated carbocycles. The summed E-state index contributed by atoms with van der Waals surface area (Å²) in [5, 5.41) is 17.8. The first-order valence-electron chi connectivity index (χ1n) is 5.55. The van der Waals surface area contributed by atoms with Gasteiger partial charge in [-0.15, -0.1) is 0 Å². The molecule has 1 heterocycles. The summed E-state index contributed by atoms with van der Waals surface area (Å²) in [4.78, 5) is 10.9. The highest BCUT2D eigenvalue weighted by atomic mass is 16.5. The first-order valence-corrected chi connectivity index (χ1v) is 5.55. The number of aromatic carboxylic acids is 1. The molecule has 0 unspecified atom stereocenters. The fraction of sp³-hybridized carbons (Fsp3) is 0.143. The third kappa shape index (κ3) is 2.75. The lowest BCUT2D eigenvalue weighted by Gasteiger charge is -2.08. The van der Waals surface area contributed by atoms with Crippen LogP contribution in [0.25, 0.3) is 0 Å². The molecule has 0 atom stereocenters. The zero-order valence-electron chi connectivity index (χ0n) is 10.2. The number of hydrogen-bond acceptors (Lipinski definition) is 4. The third-order valence-electron chi connectivity index (χ3n) is 2.65. The van der Waals surface area contributed by atoms with Crippen LogP contribution < -0.4 is 4.74 Å². The summed E-state index contributed by atoms with van der Waals surface area (Å²) in [6, 6.07) is 8.47. The van der Waals surface area contributed by atoms with E-state index < -0.39 is 5.97 Å². The topological polar surface area (TPSA) is 83.5 Å². The Morgan fingerprint density at radius 3 is 2.95 bits per heavy atom. The molecule has 2 aromatic rings. The second-order valence-electron chi connectivity index (χ2n) is 3.94. The van der Waals surface area contributed by atoms with Crippen LogP contribution in [0.4, 0.5) is 0 Å². The number of furan rings is 1. The molecular weight excluding hydrogens is 246 g/mol. The van der Waals surface area contributed by atoms with Gasteiger partial charge in [0.05, 0.1) is 17.9 Å². The fourth-order valence-electron chi connectivity index (χ4n) is 1.61. The van der Waals surface area contributed by atoms with E-state index in [2.05, 4.69) is 0 Å². The molecule has 0 bridgehead atoms. The number of nitriles is 1. The van der Waals surface area contributed by atoms with E-state index in [0.29, 0.717) is 11.3 Å². The van der Waals surface area contributed by atoms with Crippen LogP contribution in [0.2, 0.25) is 0 Å². The van der Waals surface area contributed by atoms with Crippen molar-refractivity contribution in [2.45, 2.75) is 13.5 Å². The number of nitrogens with zero attached hydrogens (tertiary/aromatic N) is 1. The Morgan fingerprint density at radius 1 is 1.47 bits per heavy atom. The van der Waals surface area contributed by atoms with Gasteiger partial charge >= 0.3 is 5.97 Å². The molecule has 0 fully saturated rings. The summed E-state index contributed by atoms with van der Waals surface area (Å²) in [6.07, 6.45) is 1.31. The minimum atomic E-state index is -1.06. The van der Waals surface area contributed by atoms with E-state index in [1.54, 1.807) is 18.2 Å². The number of carboxylic acids is 1. The van der Waals surface area contributed by atoms with Crippen molar-refractivity contribution in [1.29, 1.82) is 5.26 Å². The molecule has 2 rings (SSSR count). The minimum Gasteiger partial charge on any atom is -0.485 e. The van der Waals surface area contributed by atoms with Gasteiger partial charge in [0.15, 0.2) is 5.76 Å². The number of ether oxygens (including phenoxy) is 1. The van der Waals surface area contributed by atoms with E-state index in [1.165, 1.54) is 12.3 Å². The normalized spacial score (nSPS) is 9.89. The van der Waals surface area contributed by atoms with Crippen molar-refractivity contribution in [3.8, 4) is 11.8 Å². The summed E-state index contributed by atoms with van der Waals surface area (Å²) in [7, 11) is 0. The number of rotatable bonds is 4. The second-order valence-corrected chi connectivity index (χ2v) is 3.94. The molecule has 0 aliphatic heterocycles. The molecule has 1 N–H and O–H groups in total. The lowest BCUT2D eigenvalue weighted by molar-refractivity contribution is 0.0692. The molecule has 0 radical (unpaired) electrons. The number of benzene rings is 1. The molecule has 19 heavy (non-hydrogen) atoms. The molecule has 0 saturated heterocycles. The molecule has 5 nitrogen and oxygen atoms in total. The highest BCUT2D eigenvalue weighted by Gasteiger charge is 2.14. The van der Waals surface area contributed by atoms with Crippen molar-refractivity contribution in [2.24, 2.45) is 0 Å². The van der Waals surface area contributed by atoms with Crippen molar-refractivity contribution < 1.29 is 19.1 Å². The molecule has 0 aliphatic carbocycles. The Bertz CT molecular complexity index is 652. The number of carboxylic acid groups (broad SMARTS) is 1. The van der Waals surface area contributed by atoms with Crippen LogP contribution in [-0.2, 0) is 6.61 Å². The van der Waals surface area contributed by atoms with Crippen LogP contribution in [0, 0.1) is 18.3 Å². The minimum absolute atomic E-state index is 0.00432. The molecule has 0 aliphatic rings. The summed E-state index contributed by atoms with van der Waals surface area (Å²) in [5.41, 5.74) is 1.43. The van der Waals surface area contributed by atoms with E-state index in [9.17, 15) is 4.79 Å². The number of hydrogen-bond donors (Lipinski definition) is 1. The standard InChI is InChI=1S/C14H11NO4/c1-9-2-3-10(7-15)6-12(9)19-8-13-11(14(16)17)4-5-18-13/h2-6H,8H2,1H3,(H,16,17). The molecule has 96 valence electrons. The first-order chi connectivity index (χ1) is 9.11. The average molecular weight is 257 g/mol. The maximum absolute atomic E-state index is 10.9. The van der Waals surface area contributed by atoms with Crippen LogP contribution in [-0.4, -0.2) is 11.1 Å². The quantitative estimate of drug-likeness (QED) is 0.910. The van der Waals surface area contributed by atoms with Crippen molar-refractivity contribution in [3.05, 3.63) is 53.0 Å². The summed E-state index contributed by atoms with van der Waals surface area (Å²) in [5.74, 6) is -0.282. The SMILES string of the molecule is Cc1ccc(C#N)cc1OCc1occc1C(=O)O. The van der Waals surface area contributed by atoms with Gasteiger partial charge in [-0.1, -0.05) is 6.07 Å². The van der Waals surface area contributed by atoms with Gasteiger partial charge in [-0.25, -0.2) is 4.79 Å². The molecular formula is C14H11NO4. The van der Waals surface area contributed by atoms with Crippen LogP contribution in [0.5, 0.6) is 5.75 Å². The summed E-state index contributed by atoms with van der Waals surface area (Å²) < 4.78 is 10.6. The number of carbonyl (C=O) groups is 1.